The highest BCUT2D eigenvalue weighted by molar-refractivity contribution is 4.80. The molecule has 1 aliphatic rings. The topological polar surface area (TPSA) is 12.0 Å². The minimum Gasteiger partial charge on any atom is -0.316 e. The molecule has 1 nitrogen and oxygen atoms in total. The predicted molar refractivity (Wildman–Crippen MR) is 100 cm³/mol. The molecular formula is C21H43N. The fourth-order valence-corrected chi connectivity index (χ4v) is 4.39. The second kappa shape index (κ2) is 12.4. The average Bonchev–Trinajstić information content (AvgIpc) is 2.55. The quantitative estimate of drug-likeness (QED) is 0.438. The minimum absolute atomic E-state index is 0.948. The number of rotatable bonds is 12. The monoisotopic (exact) mass is 309 g/mol. The van der Waals surface area contributed by atoms with E-state index in [9.17, 15) is 0 Å². The van der Waals surface area contributed by atoms with Gasteiger partial charge in [0.05, 0.1) is 0 Å². The van der Waals surface area contributed by atoms with E-state index in [2.05, 4.69) is 33.0 Å². The van der Waals surface area contributed by atoms with Gasteiger partial charge in [-0.2, -0.15) is 0 Å². The summed E-state index contributed by atoms with van der Waals surface area (Å²) in [7, 11) is 0. The number of piperidine rings is 1. The van der Waals surface area contributed by atoms with Crippen LogP contribution in [0.4, 0.5) is 0 Å². The van der Waals surface area contributed by atoms with Gasteiger partial charge >= 0.3 is 0 Å². The molecule has 1 aliphatic heterocycles. The Kier molecular flexibility index (Phi) is 11.3. The van der Waals surface area contributed by atoms with Crippen molar-refractivity contribution in [1.82, 2.24) is 5.32 Å². The maximum absolute atomic E-state index is 3.76. The Morgan fingerprint density at radius 3 is 1.59 bits per heavy atom. The van der Waals surface area contributed by atoms with Gasteiger partial charge in [0.2, 0.25) is 0 Å². The van der Waals surface area contributed by atoms with E-state index in [1.165, 1.54) is 83.7 Å². The first-order valence-corrected chi connectivity index (χ1v) is 10.4. The van der Waals surface area contributed by atoms with Gasteiger partial charge in [-0.25, -0.2) is 0 Å². The van der Waals surface area contributed by atoms with E-state index in [0.717, 1.165) is 23.7 Å². The van der Waals surface area contributed by atoms with Crippen LogP contribution in [0.1, 0.15) is 98.3 Å². The smallest absolute Gasteiger partial charge is 0.00202 e. The summed E-state index contributed by atoms with van der Waals surface area (Å²) in [5.74, 6) is 3.86. The van der Waals surface area contributed by atoms with Gasteiger partial charge in [-0.1, -0.05) is 79.1 Å². The largest absolute Gasteiger partial charge is 0.316 e. The molecule has 1 heteroatoms. The second-order valence-electron chi connectivity index (χ2n) is 7.93. The summed E-state index contributed by atoms with van der Waals surface area (Å²) < 4.78 is 0. The van der Waals surface area contributed by atoms with Gasteiger partial charge in [-0.15, -0.1) is 0 Å². The van der Waals surface area contributed by atoms with E-state index < -0.39 is 0 Å². The lowest BCUT2D eigenvalue weighted by molar-refractivity contribution is 0.203. The molecule has 0 amide bonds. The Bertz CT molecular complexity index is 226. The van der Waals surface area contributed by atoms with E-state index in [1.54, 1.807) is 0 Å². The third kappa shape index (κ3) is 7.99. The fourth-order valence-electron chi connectivity index (χ4n) is 4.39. The van der Waals surface area contributed by atoms with Crippen LogP contribution in [-0.2, 0) is 0 Å². The fraction of sp³-hybridized carbons (Fsp3) is 1.00. The van der Waals surface area contributed by atoms with E-state index >= 15 is 0 Å². The van der Waals surface area contributed by atoms with Crippen molar-refractivity contribution in [2.75, 3.05) is 13.1 Å². The molecule has 0 radical (unpaired) electrons. The van der Waals surface area contributed by atoms with Crippen LogP contribution >= 0.6 is 0 Å². The van der Waals surface area contributed by atoms with Crippen molar-refractivity contribution >= 4 is 0 Å². The summed E-state index contributed by atoms with van der Waals surface area (Å²) in [5.41, 5.74) is 0. The molecule has 1 rings (SSSR count). The molecule has 1 heterocycles. The molecule has 0 aromatic heterocycles. The Labute approximate surface area is 141 Å². The molecule has 4 atom stereocenters. The van der Waals surface area contributed by atoms with Crippen molar-refractivity contribution < 1.29 is 0 Å². The molecule has 0 bridgehead atoms. The molecule has 0 aliphatic carbocycles. The normalized spacial score (nSPS) is 25.1. The summed E-state index contributed by atoms with van der Waals surface area (Å²) >= 11 is 0. The van der Waals surface area contributed by atoms with E-state index in [0.29, 0.717) is 0 Å². The van der Waals surface area contributed by atoms with Gasteiger partial charge < -0.3 is 5.32 Å². The summed E-state index contributed by atoms with van der Waals surface area (Å²) in [6.07, 6.45) is 15.7. The first kappa shape index (κ1) is 20.0. The number of hydrogen-bond acceptors (Lipinski definition) is 1. The molecule has 1 fully saturated rings. The third-order valence-corrected chi connectivity index (χ3v) is 5.95. The summed E-state index contributed by atoms with van der Waals surface area (Å²) in [4.78, 5) is 0. The maximum Gasteiger partial charge on any atom is -0.00202 e. The minimum atomic E-state index is 0.948. The number of nitrogens with one attached hydrogen (secondary N) is 1. The van der Waals surface area contributed by atoms with Crippen molar-refractivity contribution in [3.8, 4) is 0 Å². The molecule has 0 aromatic rings. The first-order valence-electron chi connectivity index (χ1n) is 10.4. The molecule has 1 N–H and O–H groups in total. The van der Waals surface area contributed by atoms with Crippen LogP contribution in [0.3, 0.4) is 0 Å². The van der Waals surface area contributed by atoms with Gasteiger partial charge in [0.15, 0.2) is 0 Å². The van der Waals surface area contributed by atoms with E-state index in [4.69, 9.17) is 0 Å². The van der Waals surface area contributed by atoms with Crippen LogP contribution in [0, 0.1) is 23.7 Å². The van der Waals surface area contributed by atoms with Gasteiger partial charge in [-0.05, 0) is 56.0 Å². The van der Waals surface area contributed by atoms with Crippen LogP contribution in [0.15, 0.2) is 0 Å². The molecule has 132 valence electrons. The van der Waals surface area contributed by atoms with Crippen molar-refractivity contribution in [1.29, 1.82) is 0 Å². The molecule has 4 unspecified atom stereocenters. The second-order valence-corrected chi connectivity index (χ2v) is 7.93. The molecule has 0 spiro atoms. The SMILES string of the molecule is CCCCC(CC)CC1CNCC(CC(CC)CCCC)C1. The standard InChI is InChI=1S/C21H43N/c1-5-9-11-18(7-3)13-20-15-21(17-22-16-20)14-19(8-4)12-10-6-2/h18-22H,5-17H2,1-4H3. The Hall–Kier alpha value is -0.0400. The summed E-state index contributed by atoms with van der Waals surface area (Å²) in [5, 5.41) is 3.76. The average molecular weight is 310 g/mol. The van der Waals surface area contributed by atoms with Crippen molar-refractivity contribution in [3.63, 3.8) is 0 Å². The lowest BCUT2D eigenvalue weighted by atomic mass is 9.78. The van der Waals surface area contributed by atoms with Crippen LogP contribution in [-0.4, -0.2) is 13.1 Å². The molecule has 0 saturated carbocycles. The van der Waals surface area contributed by atoms with Crippen molar-refractivity contribution in [2.24, 2.45) is 23.7 Å². The molecule has 1 saturated heterocycles. The summed E-state index contributed by atoms with van der Waals surface area (Å²) in [6, 6.07) is 0. The van der Waals surface area contributed by atoms with Gasteiger partial charge in [-0.3, -0.25) is 0 Å². The molecule has 22 heavy (non-hydrogen) atoms. The first-order chi connectivity index (χ1) is 10.7. The van der Waals surface area contributed by atoms with E-state index in [1.807, 2.05) is 0 Å². The molecular weight excluding hydrogens is 266 g/mol. The lowest BCUT2D eigenvalue weighted by Crippen LogP contribution is -2.37. The Morgan fingerprint density at radius 1 is 0.773 bits per heavy atom. The van der Waals surface area contributed by atoms with Crippen molar-refractivity contribution in [3.05, 3.63) is 0 Å². The van der Waals surface area contributed by atoms with Crippen molar-refractivity contribution in [2.45, 2.75) is 98.3 Å². The van der Waals surface area contributed by atoms with Crippen LogP contribution in [0.2, 0.25) is 0 Å². The summed E-state index contributed by atoms with van der Waals surface area (Å²) in [6.45, 7) is 12.0. The number of hydrogen-bond donors (Lipinski definition) is 1. The van der Waals surface area contributed by atoms with Gasteiger partial charge in [0.1, 0.15) is 0 Å². The van der Waals surface area contributed by atoms with Crippen LogP contribution < -0.4 is 5.32 Å². The lowest BCUT2D eigenvalue weighted by Gasteiger charge is -2.34. The van der Waals surface area contributed by atoms with Crippen LogP contribution in [0.5, 0.6) is 0 Å². The zero-order valence-electron chi connectivity index (χ0n) is 16.0. The highest BCUT2D eigenvalue weighted by Gasteiger charge is 2.25. The highest BCUT2D eigenvalue weighted by atomic mass is 14.9. The Morgan fingerprint density at radius 2 is 1.23 bits per heavy atom. The van der Waals surface area contributed by atoms with Gasteiger partial charge in [0, 0.05) is 0 Å². The Balaban J connectivity index is 2.36. The highest BCUT2D eigenvalue weighted by Crippen LogP contribution is 2.31. The zero-order chi connectivity index (χ0) is 16.2. The predicted octanol–water partition coefficient (Wildman–Crippen LogP) is 6.43. The molecule has 0 aromatic carbocycles. The third-order valence-electron chi connectivity index (χ3n) is 5.95. The zero-order valence-corrected chi connectivity index (χ0v) is 16.0. The maximum atomic E-state index is 3.76. The number of unbranched alkanes of at least 4 members (excludes halogenated alkanes) is 2. The van der Waals surface area contributed by atoms with Gasteiger partial charge in [0.25, 0.3) is 0 Å². The van der Waals surface area contributed by atoms with E-state index in [-0.39, 0.29) is 0 Å². The van der Waals surface area contributed by atoms with Crippen LogP contribution in [0.25, 0.3) is 0 Å².